The minimum absolute atomic E-state index is 0.159. The molecule has 1 N–H and O–H groups in total. The first-order valence-electron chi connectivity index (χ1n) is 6.55. The third kappa shape index (κ3) is 3.90. The number of hydrogen-bond acceptors (Lipinski definition) is 4. The second kappa shape index (κ2) is 7.19. The van der Waals surface area contributed by atoms with Crippen LogP contribution in [-0.2, 0) is 4.74 Å². The molecule has 20 heavy (non-hydrogen) atoms. The molecule has 1 heterocycles. The Morgan fingerprint density at radius 3 is 2.75 bits per heavy atom. The van der Waals surface area contributed by atoms with E-state index in [-0.39, 0.29) is 5.75 Å². The van der Waals surface area contributed by atoms with E-state index in [4.69, 9.17) is 4.74 Å². The van der Waals surface area contributed by atoms with Crippen LogP contribution in [0, 0.1) is 5.92 Å². The van der Waals surface area contributed by atoms with Crippen LogP contribution in [0.15, 0.2) is 29.4 Å². The molecule has 4 nitrogen and oxygen atoms in total. The molecule has 0 saturated carbocycles. The second-order valence-electron chi connectivity index (χ2n) is 4.59. The van der Waals surface area contributed by atoms with Crippen molar-refractivity contribution in [2.24, 2.45) is 11.0 Å². The van der Waals surface area contributed by atoms with Crippen LogP contribution in [0.2, 0.25) is 0 Å². The molecule has 110 valence electrons. The number of methoxy groups -OCH3 is 1. The number of hydrogen-bond donors (Lipinski definition) is 1. The maximum Gasteiger partial charge on any atom is 0.387 e. The highest BCUT2D eigenvalue weighted by atomic mass is 19.3. The van der Waals surface area contributed by atoms with E-state index in [0.717, 1.165) is 37.3 Å². The number of halogens is 2. The zero-order valence-corrected chi connectivity index (χ0v) is 11.3. The zero-order chi connectivity index (χ0) is 14.4. The Labute approximate surface area is 116 Å². The van der Waals surface area contributed by atoms with Gasteiger partial charge in [0.15, 0.2) is 0 Å². The summed E-state index contributed by atoms with van der Waals surface area (Å²) in [6, 6.07) is 6.59. The normalized spacial score (nSPS) is 18.0. The zero-order valence-electron chi connectivity index (χ0n) is 11.3. The molecule has 1 aliphatic rings. The Morgan fingerprint density at radius 2 is 2.10 bits per heavy atom. The van der Waals surface area contributed by atoms with E-state index in [1.807, 2.05) is 0 Å². The van der Waals surface area contributed by atoms with Gasteiger partial charge in [-0.1, -0.05) is 0 Å². The standard InChI is InChI=1S/C14H18F2N2O2/c1-19-8-2-3-11-9-17-18-13(11)10-4-6-12(7-5-10)20-14(15)16/h4-7,11,14,17H,2-3,8-9H2,1H3. The minimum atomic E-state index is -2.80. The van der Waals surface area contributed by atoms with Gasteiger partial charge in [-0.25, -0.2) is 0 Å². The van der Waals surface area contributed by atoms with Gasteiger partial charge in [-0.3, -0.25) is 0 Å². The van der Waals surface area contributed by atoms with Gasteiger partial charge in [-0.15, -0.1) is 0 Å². The van der Waals surface area contributed by atoms with E-state index in [0.29, 0.717) is 5.92 Å². The van der Waals surface area contributed by atoms with E-state index in [1.54, 1.807) is 19.2 Å². The summed E-state index contributed by atoms with van der Waals surface area (Å²) in [5.74, 6) is 0.484. The average molecular weight is 284 g/mol. The maximum absolute atomic E-state index is 12.1. The van der Waals surface area contributed by atoms with Crippen molar-refractivity contribution in [1.29, 1.82) is 0 Å². The van der Waals surface area contributed by atoms with Crippen molar-refractivity contribution in [1.82, 2.24) is 5.43 Å². The van der Waals surface area contributed by atoms with Crippen LogP contribution in [0.4, 0.5) is 8.78 Å². The van der Waals surface area contributed by atoms with Gasteiger partial charge in [0.25, 0.3) is 0 Å². The average Bonchev–Trinajstić information content (AvgIpc) is 2.88. The molecule has 1 aliphatic heterocycles. The van der Waals surface area contributed by atoms with Crippen LogP contribution < -0.4 is 10.2 Å². The molecule has 1 atom stereocenters. The van der Waals surface area contributed by atoms with Crippen LogP contribution in [0.25, 0.3) is 0 Å². The van der Waals surface area contributed by atoms with Crippen molar-refractivity contribution >= 4 is 5.71 Å². The Morgan fingerprint density at radius 1 is 1.35 bits per heavy atom. The third-order valence-electron chi connectivity index (χ3n) is 3.20. The van der Waals surface area contributed by atoms with Crippen LogP contribution >= 0.6 is 0 Å². The van der Waals surface area contributed by atoms with E-state index in [2.05, 4.69) is 15.3 Å². The lowest BCUT2D eigenvalue weighted by Gasteiger charge is -2.12. The molecule has 0 aliphatic carbocycles. The molecule has 0 amide bonds. The van der Waals surface area contributed by atoms with E-state index >= 15 is 0 Å². The fraction of sp³-hybridized carbons (Fsp3) is 0.500. The van der Waals surface area contributed by atoms with Gasteiger partial charge in [0.05, 0.1) is 5.71 Å². The summed E-state index contributed by atoms with van der Waals surface area (Å²) >= 11 is 0. The molecule has 0 saturated heterocycles. The molecule has 1 aromatic carbocycles. The molecule has 0 aromatic heterocycles. The maximum atomic E-state index is 12.1. The largest absolute Gasteiger partial charge is 0.435 e. The van der Waals surface area contributed by atoms with Crippen molar-refractivity contribution < 1.29 is 18.3 Å². The van der Waals surface area contributed by atoms with Crippen molar-refractivity contribution in [2.75, 3.05) is 20.3 Å². The smallest absolute Gasteiger partial charge is 0.387 e. The summed E-state index contributed by atoms with van der Waals surface area (Å²) in [6.45, 7) is -1.27. The SMILES string of the molecule is COCCCC1CNN=C1c1ccc(OC(F)F)cc1. The molecular formula is C14H18F2N2O2. The molecule has 0 bridgehead atoms. The Bertz CT molecular complexity index is 449. The van der Waals surface area contributed by atoms with Gasteiger partial charge in [-0.05, 0) is 42.7 Å². The highest BCUT2D eigenvalue weighted by Crippen LogP contribution is 2.21. The number of benzene rings is 1. The number of hydrazone groups is 1. The number of alkyl halides is 2. The number of nitrogens with zero attached hydrogens (tertiary/aromatic N) is 1. The van der Waals surface area contributed by atoms with Gasteiger partial charge in [-0.2, -0.15) is 13.9 Å². The van der Waals surface area contributed by atoms with E-state index < -0.39 is 6.61 Å². The monoisotopic (exact) mass is 284 g/mol. The van der Waals surface area contributed by atoms with E-state index in [9.17, 15) is 8.78 Å². The highest BCUT2D eigenvalue weighted by molar-refractivity contribution is 6.03. The summed E-state index contributed by atoms with van der Waals surface area (Å²) in [7, 11) is 1.68. The van der Waals surface area contributed by atoms with Crippen molar-refractivity contribution in [3.05, 3.63) is 29.8 Å². The molecule has 1 unspecified atom stereocenters. The summed E-state index contributed by atoms with van der Waals surface area (Å²) < 4.78 is 33.6. The highest BCUT2D eigenvalue weighted by Gasteiger charge is 2.22. The lowest BCUT2D eigenvalue weighted by atomic mass is 9.93. The Hall–Kier alpha value is -1.69. The van der Waals surface area contributed by atoms with Crippen LogP contribution in [0.3, 0.4) is 0 Å². The first kappa shape index (κ1) is 14.7. The minimum Gasteiger partial charge on any atom is -0.435 e. The van der Waals surface area contributed by atoms with Gasteiger partial charge < -0.3 is 14.9 Å². The first-order valence-corrected chi connectivity index (χ1v) is 6.55. The summed E-state index contributed by atoms with van der Waals surface area (Å²) in [4.78, 5) is 0. The molecular weight excluding hydrogens is 266 g/mol. The van der Waals surface area contributed by atoms with Crippen molar-refractivity contribution in [3.63, 3.8) is 0 Å². The lowest BCUT2D eigenvalue weighted by Crippen LogP contribution is -2.17. The quantitative estimate of drug-likeness (QED) is 0.783. The van der Waals surface area contributed by atoms with Gasteiger partial charge in [0, 0.05) is 26.2 Å². The van der Waals surface area contributed by atoms with Gasteiger partial charge in [0.1, 0.15) is 5.75 Å². The fourth-order valence-electron chi connectivity index (χ4n) is 2.25. The first-order chi connectivity index (χ1) is 9.70. The topological polar surface area (TPSA) is 42.8 Å². The fourth-order valence-corrected chi connectivity index (χ4v) is 2.25. The van der Waals surface area contributed by atoms with Crippen LogP contribution in [0.1, 0.15) is 18.4 Å². The van der Waals surface area contributed by atoms with Gasteiger partial charge >= 0.3 is 6.61 Å². The van der Waals surface area contributed by atoms with E-state index in [1.165, 1.54) is 12.1 Å². The number of ether oxygens (including phenoxy) is 2. The summed E-state index contributed by atoms with van der Waals surface area (Å²) in [5, 5.41) is 4.29. The number of nitrogens with one attached hydrogen (secondary N) is 1. The number of rotatable bonds is 7. The molecule has 6 heteroatoms. The van der Waals surface area contributed by atoms with Crippen LogP contribution in [0.5, 0.6) is 5.75 Å². The molecule has 2 rings (SSSR count). The molecule has 0 radical (unpaired) electrons. The summed E-state index contributed by atoms with van der Waals surface area (Å²) in [5.41, 5.74) is 4.88. The molecule has 0 spiro atoms. The Kier molecular flexibility index (Phi) is 5.29. The molecule has 0 fully saturated rings. The van der Waals surface area contributed by atoms with Gasteiger partial charge in [0.2, 0.25) is 0 Å². The second-order valence-corrected chi connectivity index (χ2v) is 4.59. The van der Waals surface area contributed by atoms with Crippen LogP contribution in [-0.4, -0.2) is 32.6 Å². The Balaban J connectivity index is 1.99. The predicted octanol–water partition coefficient (Wildman–Crippen LogP) is 2.64. The predicted molar refractivity (Wildman–Crippen MR) is 72.2 cm³/mol. The van der Waals surface area contributed by atoms with Crippen molar-refractivity contribution in [2.45, 2.75) is 19.5 Å². The summed E-state index contributed by atoms with van der Waals surface area (Å²) in [6.07, 6.45) is 1.95. The lowest BCUT2D eigenvalue weighted by molar-refractivity contribution is -0.0498. The van der Waals surface area contributed by atoms with Crippen molar-refractivity contribution in [3.8, 4) is 5.75 Å². The third-order valence-corrected chi connectivity index (χ3v) is 3.20. The molecule has 1 aromatic rings.